The second-order valence-corrected chi connectivity index (χ2v) is 4.29. The third-order valence-electron chi connectivity index (χ3n) is 1.59. The zero-order valence-electron chi connectivity index (χ0n) is 7.23. The van der Waals surface area contributed by atoms with Crippen LogP contribution in [0.2, 0.25) is 0 Å². The highest BCUT2D eigenvalue weighted by Crippen LogP contribution is 2.31. The molecule has 2 nitrogen and oxygen atoms in total. The molecule has 4 heteroatoms. The molecule has 0 spiro atoms. The molecular formula is C9H8Br2O2. The minimum Gasteiger partial charge on any atom is -0.496 e. The molecule has 0 radical (unpaired) electrons. The number of halogens is 2. The van der Waals surface area contributed by atoms with Gasteiger partial charge in [-0.2, -0.15) is 0 Å². The van der Waals surface area contributed by atoms with Gasteiger partial charge in [0.1, 0.15) is 5.75 Å². The number of hydrogen-bond acceptors (Lipinski definition) is 2. The molecule has 0 bridgehead atoms. The average Bonchev–Trinajstić information content (AvgIpc) is 2.01. The molecule has 0 aliphatic carbocycles. The number of rotatable bonds is 2. The van der Waals surface area contributed by atoms with Crippen LogP contribution in [0.15, 0.2) is 21.1 Å². The monoisotopic (exact) mass is 306 g/mol. The molecule has 0 fully saturated rings. The third kappa shape index (κ3) is 2.31. The second-order valence-electron chi connectivity index (χ2n) is 2.52. The maximum absolute atomic E-state index is 11.2. The van der Waals surface area contributed by atoms with E-state index in [1.54, 1.807) is 13.2 Å². The van der Waals surface area contributed by atoms with Crippen molar-refractivity contribution in [3.63, 3.8) is 0 Å². The number of hydrogen-bond donors (Lipinski definition) is 0. The number of ketones is 1. The fourth-order valence-corrected chi connectivity index (χ4v) is 2.52. The van der Waals surface area contributed by atoms with E-state index in [2.05, 4.69) is 31.9 Å². The standard InChI is InChI=1S/C9H8Br2O2/c1-5(12)9-7(11)3-6(10)4-8(9)13-2/h3-4H,1-2H3. The van der Waals surface area contributed by atoms with Crippen LogP contribution in [0, 0.1) is 0 Å². The second kappa shape index (κ2) is 4.24. The molecule has 0 heterocycles. The fraction of sp³-hybridized carbons (Fsp3) is 0.222. The molecule has 0 atom stereocenters. The van der Waals surface area contributed by atoms with Crippen LogP contribution < -0.4 is 4.74 Å². The van der Waals surface area contributed by atoms with E-state index in [9.17, 15) is 4.79 Å². The molecular weight excluding hydrogens is 300 g/mol. The van der Waals surface area contributed by atoms with Gasteiger partial charge in [-0.25, -0.2) is 0 Å². The van der Waals surface area contributed by atoms with Gasteiger partial charge in [0.05, 0.1) is 12.7 Å². The molecule has 0 saturated heterocycles. The number of carbonyl (C=O) groups is 1. The largest absolute Gasteiger partial charge is 0.496 e. The number of benzene rings is 1. The van der Waals surface area contributed by atoms with E-state index < -0.39 is 0 Å². The topological polar surface area (TPSA) is 26.3 Å². The maximum Gasteiger partial charge on any atom is 0.164 e. The van der Waals surface area contributed by atoms with E-state index in [0.717, 1.165) is 8.95 Å². The Morgan fingerprint density at radius 1 is 1.38 bits per heavy atom. The molecule has 0 amide bonds. The molecule has 0 N–H and O–H groups in total. The third-order valence-corrected chi connectivity index (χ3v) is 2.67. The van der Waals surface area contributed by atoms with Gasteiger partial charge in [0.15, 0.2) is 5.78 Å². The summed E-state index contributed by atoms with van der Waals surface area (Å²) in [5.74, 6) is 0.560. The van der Waals surface area contributed by atoms with Gasteiger partial charge < -0.3 is 4.74 Å². The van der Waals surface area contributed by atoms with Crippen molar-refractivity contribution in [1.82, 2.24) is 0 Å². The Hall–Kier alpha value is -0.350. The molecule has 1 rings (SSSR count). The lowest BCUT2D eigenvalue weighted by molar-refractivity contribution is 0.101. The summed E-state index contributed by atoms with van der Waals surface area (Å²) in [6.07, 6.45) is 0. The Balaban J connectivity index is 3.38. The van der Waals surface area contributed by atoms with Crippen LogP contribution in [0.4, 0.5) is 0 Å². The zero-order valence-corrected chi connectivity index (χ0v) is 10.4. The molecule has 0 aliphatic rings. The first kappa shape index (κ1) is 10.7. The van der Waals surface area contributed by atoms with Crippen LogP contribution >= 0.6 is 31.9 Å². The Morgan fingerprint density at radius 2 is 2.00 bits per heavy atom. The van der Waals surface area contributed by atoms with Crippen molar-refractivity contribution in [2.24, 2.45) is 0 Å². The lowest BCUT2D eigenvalue weighted by Gasteiger charge is -2.08. The van der Waals surface area contributed by atoms with Gasteiger partial charge in [-0.3, -0.25) is 4.79 Å². The lowest BCUT2D eigenvalue weighted by atomic mass is 10.1. The van der Waals surface area contributed by atoms with Gasteiger partial charge in [-0.05, 0) is 35.0 Å². The molecule has 70 valence electrons. The first-order valence-electron chi connectivity index (χ1n) is 3.60. The van der Waals surface area contributed by atoms with Crippen molar-refractivity contribution < 1.29 is 9.53 Å². The summed E-state index contributed by atoms with van der Waals surface area (Å²) in [6.45, 7) is 1.51. The van der Waals surface area contributed by atoms with Crippen LogP contribution in [0.1, 0.15) is 17.3 Å². The quantitative estimate of drug-likeness (QED) is 0.783. The highest BCUT2D eigenvalue weighted by molar-refractivity contribution is 9.11. The Morgan fingerprint density at radius 3 is 2.46 bits per heavy atom. The Labute approximate surface area is 93.5 Å². The minimum absolute atomic E-state index is 0.0174. The minimum atomic E-state index is -0.0174. The van der Waals surface area contributed by atoms with Crippen molar-refractivity contribution in [3.05, 3.63) is 26.6 Å². The summed E-state index contributed by atoms with van der Waals surface area (Å²) >= 11 is 6.62. The van der Waals surface area contributed by atoms with E-state index in [1.807, 2.05) is 6.07 Å². The molecule has 0 aliphatic heterocycles. The van der Waals surface area contributed by atoms with Crippen molar-refractivity contribution >= 4 is 37.6 Å². The van der Waals surface area contributed by atoms with Crippen molar-refractivity contribution in [2.75, 3.05) is 7.11 Å². The first-order valence-corrected chi connectivity index (χ1v) is 5.19. The van der Waals surface area contributed by atoms with Crippen LogP contribution in [-0.2, 0) is 0 Å². The summed E-state index contributed by atoms with van der Waals surface area (Å²) in [6, 6.07) is 3.58. The highest BCUT2D eigenvalue weighted by Gasteiger charge is 2.12. The van der Waals surface area contributed by atoms with Crippen molar-refractivity contribution in [1.29, 1.82) is 0 Å². The number of ether oxygens (including phenoxy) is 1. The van der Waals surface area contributed by atoms with E-state index >= 15 is 0 Å². The molecule has 1 aromatic rings. The Kier molecular flexibility index (Phi) is 3.50. The van der Waals surface area contributed by atoms with E-state index in [-0.39, 0.29) is 5.78 Å². The molecule has 1 aromatic carbocycles. The van der Waals surface area contributed by atoms with Gasteiger partial charge in [0.25, 0.3) is 0 Å². The summed E-state index contributed by atoms with van der Waals surface area (Å²) in [7, 11) is 1.54. The predicted molar refractivity (Wildman–Crippen MR) is 58.4 cm³/mol. The predicted octanol–water partition coefficient (Wildman–Crippen LogP) is 3.42. The fourth-order valence-electron chi connectivity index (χ4n) is 1.05. The molecule has 0 saturated carbocycles. The lowest BCUT2D eigenvalue weighted by Crippen LogP contribution is -1.98. The zero-order chi connectivity index (χ0) is 10.0. The normalized spacial score (nSPS) is 9.85. The van der Waals surface area contributed by atoms with Gasteiger partial charge in [0, 0.05) is 8.95 Å². The highest BCUT2D eigenvalue weighted by atomic mass is 79.9. The summed E-state index contributed by atoms with van der Waals surface area (Å²) in [5.41, 5.74) is 0.575. The van der Waals surface area contributed by atoms with Gasteiger partial charge in [-0.15, -0.1) is 0 Å². The first-order chi connectivity index (χ1) is 6.06. The number of carbonyl (C=O) groups excluding carboxylic acids is 1. The van der Waals surface area contributed by atoms with Crippen LogP contribution in [0.25, 0.3) is 0 Å². The summed E-state index contributed by atoms with van der Waals surface area (Å²) in [4.78, 5) is 11.2. The van der Waals surface area contributed by atoms with Gasteiger partial charge >= 0.3 is 0 Å². The van der Waals surface area contributed by atoms with Crippen LogP contribution in [0.5, 0.6) is 5.75 Å². The SMILES string of the molecule is COc1cc(Br)cc(Br)c1C(C)=O. The van der Waals surface area contributed by atoms with Crippen molar-refractivity contribution in [3.8, 4) is 5.75 Å². The maximum atomic E-state index is 11.2. The summed E-state index contributed by atoms with van der Waals surface area (Å²) < 4.78 is 6.71. The van der Waals surface area contributed by atoms with Gasteiger partial charge in [0.2, 0.25) is 0 Å². The molecule has 0 unspecified atom stereocenters. The van der Waals surface area contributed by atoms with Crippen molar-refractivity contribution in [2.45, 2.75) is 6.92 Å². The average molecular weight is 308 g/mol. The van der Waals surface area contributed by atoms with Gasteiger partial charge in [-0.1, -0.05) is 15.9 Å². The Bertz CT molecular complexity index is 348. The van der Waals surface area contributed by atoms with E-state index in [1.165, 1.54) is 6.92 Å². The van der Waals surface area contributed by atoms with E-state index in [0.29, 0.717) is 11.3 Å². The molecule has 13 heavy (non-hydrogen) atoms. The van der Waals surface area contributed by atoms with E-state index in [4.69, 9.17) is 4.74 Å². The summed E-state index contributed by atoms with van der Waals surface area (Å²) in [5, 5.41) is 0. The van der Waals surface area contributed by atoms with Crippen LogP contribution in [-0.4, -0.2) is 12.9 Å². The molecule has 0 aromatic heterocycles. The number of methoxy groups -OCH3 is 1. The van der Waals surface area contributed by atoms with Crippen LogP contribution in [0.3, 0.4) is 0 Å². The smallest absolute Gasteiger partial charge is 0.164 e. The number of Topliss-reactive ketones (excluding diaryl/α,β-unsaturated/α-hetero) is 1.